The summed E-state index contributed by atoms with van der Waals surface area (Å²) in [6, 6.07) is 8.24. The Labute approximate surface area is 184 Å². The maximum atomic E-state index is 12.4. The number of benzene rings is 1. The van der Waals surface area contributed by atoms with Crippen molar-refractivity contribution in [2.24, 2.45) is 0 Å². The summed E-state index contributed by atoms with van der Waals surface area (Å²) in [4.78, 5) is 12.4. The molecule has 0 saturated heterocycles. The summed E-state index contributed by atoms with van der Waals surface area (Å²) in [6.07, 6.45) is 18.0. The molecule has 1 fully saturated rings. The van der Waals surface area contributed by atoms with Crippen LogP contribution >= 0.6 is 0 Å². The maximum Gasteiger partial charge on any atom is 0.306 e. The van der Waals surface area contributed by atoms with Gasteiger partial charge in [-0.2, -0.15) is 0 Å². The van der Waals surface area contributed by atoms with Crippen LogP contribution < -0.4 is 4.74 Å². The Morgan fingerprint density at radius 1 is 1.03 bits per heavy atom. The topological polar surface area (TPSA) is 35.5 Å². The number of carbonyl (C=O) groups excluding carboxylic acids is 1. The molecule has 0 spiro atoms. The van der Waals surface area contributed by atoms with E-state index in [9.17, 15) is 4.79 Å². The summed E-state index contributed by atoms with van der Waals surface area (Å²) in [6.45, 7) is 6.47. The minimum absolute atomic E-state index is 0.000491. The highest BCUT2D eigenvalue weighted by molar-refractivity contribution is 5.69. The van der Waals surface area contributed by atoms with Crippen LogP contribution in [0.2, 0.25) is 0 Å². The van der Waals surface area contributed by atoms with Gasteiger partial charge in [0.2, 0.25) is 0 Å². The van der Waals surface area contributed by atoms with Gasteiger partial charge in [0.15, 0.2) is 0 Å². The van der Waals surface area contributed by atoms with Gasteiger partial charge in [-0.3, -0.25) is 4.79 Å². The predicted octanol–water partition coefficient (Wildman–Crippen LogP) is 7.74. The first-order valence-electron chi connectivity index (χ1n) is 12.3. The lowest BCUT2D eigenvalue weighted by atomic mass is 9.81. The first-order valence-corrected chi connectivity index (χ1v) is 12.3. The quantitative estimate of drug-likeness (QED) is 0.167. The van der Waals surface area contributed by atoms with Gasteiger partial charge in [0.25, 0.3) is 0 Å². The molecule has 0 heterocycles. The molecular formula is C27H42O3. The van der Waals surface area contributed by atoms with E-state index < -0.39 is 0 Å². The van der Waals surface area contributed by atoms with Crippen LogP contribution in [0.4, 0.5) is 0 Å². The highest BCUT2D eigenvalue weighted by atomic mass is 16.5. The summed E-state index contributed by atoms with van der Waals surface area (Å²) in [5.41, 5.74) is 1.22. The van der Waals surface area contributed by atoms with Crippen molar-refractivity contribution in [1.82, 2.24) is 0 Å². The summed E-state index contributed by atoms with van der Waals surface area (Å²) < 4.78 is 11.6. The molecular weight excluding hydrogens is 372 g/mol. The predicted molar refractivity (Wildman–Crippen MR) is 125 cm³/mol. The molecule has 1 saturated carbocycles. The van der Waals surface area contributed by atoms with Gasteiger partial charge in [0.05, 0.1) is 0 Å². The normalized spacial score (nSPS) is 18.7. The zero-order valence-electron chi connectivity index (χ0n) is 19.1. The zero-order valence-corrected chi connectivity index (χ0v) is 19.1. The van der Waals surface area contributed by atoms with E-state index in [1.807, 2.05) is 12.1 Å². The van der Waals surface area contributed by atoms with Gasteiger partial charge in [0, 0.05) is 12.3 Å². The standard InChI is InChI=1S/C27H42O3/c1-3-5-6-7-8-9-10-11-12-20-27(28)30-26-19-14-13-18-25(26)23-16-15-17-24(22-23)29-21-4-2/h4,15-17,22,25-26H,2-3,5-14,18-21H2,1H3/t25-,26+/m0/s1. The Hall–Kier alpha value is -1.77. The highest BCUT2D eigenvalue weighted by Gasteiger charge is 2.29. The molecule has 1 aromatic rings. The van der Waals surface area contributed by atoms with E-state index >= 15 is 0 Å². The molecule has 2 rings (SSSR count). The molecule has 0 aliphatic heterocycles. The number of esters is 1. The van der Waals surface area contributed by atoms with E-state index in [2.05, 4.69) is 25.6 Å². The summed E-state index contributed by atoms with van der Waals surface area (Å²) >= 11 is 0. The van der Waals surface area contributed by atoms with E-state index in [1.165, 1.54) is 56.9 Å². The van der Waals surface area contributed by atoms with Gasteiger partial charge >= 0.3 is 5.97 Å². The molecule has 1 aromatic carbocycles. The van der Waals surface area contributed by atoms with Crippen LogP contribution in [-0.4, -0.2) is 18.7 Å². The fourth-order valence-corrected chi connectivity index (χ4v) is 4.42. The Kier molecular flexibility index (Phi) is 12.3. The van der Waals surface area contributed by atoms with Crippen LogP contribution in [0, 0.1) is 0 Å². The molecule has 0 amide bonds. The Bertz CT molecular complexity index is 610. The third kappa shape index (κ3) is 9.36. The molecule has 3 nitrogen and oxygen atoms in total. The second-order valence-electron chi connectivity index (χ2n) is 8.67. The molecule has 0 aromatic heterocycles. The SMILES string of the molecule is C=CCOc1cccc([C@@H]2CCCC[C@H]2OC(=O)CCCCCCCCCCC)c1. The second kappa shape index (κ2) is 15.1. The monoisotopic (exact) mass is 414 g/mol. The van der Waals surface area contributed by atoms with Crippen molar-refractivity contribution < 1.29 is 14.3 Å². The number of hydrogen-bond donors (Lipinski definition) is 0. The van der Waals surface area contributed by atoms with Gasteiger partial charge in [0.1, 0.15) is 18.5 Å². The van der Waals surface area contributed by atoms with Gasteiger partial charge in [-0.1, -0.05) is 89.5 Å². The van der Waals surface area contributed by atoms with Crippen molar-refractivity contribution in [2.75, 3.05) is 6.61 Å². The largest absolute Gasteiger partial charge is 0.490 e. The van der Waals surface area contributed by atoms with Gasteiger partial charge in [-0.25, -0.2) is 0 Å². The average Bonchev–Trinajstić information content (AvgIpc) is 2.77. The third-order valence-electron chi connectivity index (χ3n) is 6.12. The lowest BCUT2D eigenvalue weighted by molar-refractivity contribution is -0.151. The fourth-order valence-electron chi connectivity index (χ4n) is 4.42. The fraction of sp³-hybridized carbons (Fsp3) is 0.667. The Morgan fingerprint density at radius 2 is 1.73 bits per heavy atom. The highest BCUT2D eigenvalue weighted by Crippen LogP contribution is 2.36. The molecule has 0 bridgehead atoms. The van der Waals surface area contributed by atoms with E-state index in [0.29, 0.717) is 13.0 Å². The molecule has 2 atom stereocenters. The lowest BCUT2D eigenvalue weighted by Gasteiger charge is -2.31. The van der Waals surface area contributed by atoms with Crippen molar-refractivity contribution in [3.05, 3.63) is 42.5 Å². The van der Waals surface area contributed by atoms with Crippen LogP contribution in [0.25, 0.3) is 0 Å². The van der Waals surface area contributed by atoms with Crippen LogP contribution in [0.1, 0.15) is 108 Å². The third-order valence-corrected chi connectivity index (χ3v) is 6.12. The van der Waals surface area contributed by atoms with Crippen molar-refractivity contribution in [3.63, 3.8) is 0 Å². The van der Waals surface area contributed by atoms with Crippen LogP contribution in [0.5, 0.6) is 5.75 Å². The first kappa shape index (κ1) is 24.5. The molecule has 0 unspecified atom stereocenters. The molecule has 0 N–H and O–H groups in total. The van der Waals surface area contributed by atoms with Crippen molar-refractivity contribution in [3.8, 4) is 5.75 Å². The first-order chi connectivity index (χ1) is 14.7. The number of unbranched alkanes of at least 4 members (excludes halogenated alkanes) is 8. The van der Waals surface area contributed by atoms with Gasteiger partial charge < -0.3 is 9.47 Å². The molecule has 168 valence electrons. The smallest absolute Gasteiger partial charge is 0.306 e. The van der Waals surface area contributed by atoms with Crippen molar-refractivity contribution >= 4 is 5.97 Å². The summed E-state index contributed by atoms with van der Waals surface area (Å²) in [5.74, 6) is 1.12. The second-order valence-corrected chi connectivity index (χ2v) is 8.67. The van der Waals surface area contributed by atoms with Crippen molar-refractivity contribution in [2.45, 2.75) is 109 Å². The van der Waals surface area contributed by atoms with E-state index in [0.717, 1.165) is 37.9 Å². The molecule has 30 heavy (non-hydrogen) atoms. The van der Waals surface area contributed by atoms with Crippen LogP contribution in [-0.2, 0) is 9.53 Å². The molecule has 3 heteroatoms. The number of rotatable bonds is 15. The van der Waals surface area contributed by atoms with E-state index in [4.69, 9.17) is 9.47 Å². The molecule has 1 aliphatic carbocycles. The van der Waals surface area contributed by atoms with Crippen molar-refractivity contribution in [1.29, 1.82) is 0 Å². The summed E-state index contributed by atoms with van der Waals surface area (Å²) in [7, 11) is 0. The lowest BCUT2D eigenvalue weighted by Crippen LogP contribution is -2.28. The molecule has 1 aliphatic rings. The van der Waals surface area contributed by atoms with Crippen LogP contribution in [0.15, 0.2) is 36.9 Å². The van der Waals surface area contributed by atoms with E-state index in [1.54, 1.807) is 6.08 Å². The average molecular weight is 415 g/mol. The number of carbonyl (C=O) groups is 1. The Morgan fingerprint density at radius 3 is 2.47 bits per heavy atom. The Balaban J connectivity index is 1.72. The number of ether oxygens (including phenoxy) is 2. The van der Waals surface area contributed by atoms with Crippen LogP contribution in [0.3, 0.4) is 0 Å². The summed E-state index contributed by atoms with van der Waals surface area (Å²) in [5, 5.41) is 0. The zero-order chi connectivity index (χ0) is 21.4. The minimum atomic E-state index is -0.0195. The molecule has 0 radical (unpaired) electrons. The van der Waals surface area contributed by atoms with E-state index in [-0.39, 0.29) is 18.0 Å². The number of hydrogen-bond acceptors (Lipinski definition) is 3. The minimum Gasteiger partial charge on any atom is -0.490 e. The van der Waals surface area contributed by atoms with Gasteiger partial charge in [-0.05, 0) is 43.4 Å². The van der Waals surface area contributed by atoms with Gasteiger partial charge in [-0.15, -0.1) is 0 Å². The maximum absolute atomic E-state index is 12.4.